The van der Waals surface area contributed by atoms with E-state index >= 15 is 0 Å². The number of carbonyl (C=O) groups is 1. The van der Waals surface area contributed by atoms with Crippen LogP contribution in [0.2, 0.25) is 0 Å². The average molecular weight is 336 g/mol. The highest BCUT2D eigenvalue weighted by atomic mass is 35.7. The fourth-order valence-corrected chi connectivity index (χ4v) is 4.62. The quantitative estimate of drug-likeness (QED) is 0.857. The van der Waals surface area contributed by atoms with E-state index in [1.54, 1.807) is 6.07 Å². The lowest BCUT2D eigenvalue weighted by molar-refractivity contribution is -0.130. The van der Waals surface area contributed by atoms with E-state index in [4.69, 9.17) is 10.7 Å². The molecule has 20 heavy (non-hydrogen) atoms. The monoisotopic (exact) mass is 335 g/mol. The van der Waals surface area contributed by atoms with Gasteiger partial charge in [0.25, 0.3) is 9.05 Å². The Bertz CT molecular complexity index is 603. The second kappa shape index (κ2) is 5.66. The Balaban J connectivity index is 2.07. The predicted octanol–water partition coefficient (Wildman–Crippen LogP) is 3.43. The van der Waals surface area contributed by atoms with Crippen molar-refractivity contribution in [2.75, 3.05) is 0 Å². The Morgan fingerprint density at radius 2 is 2.00 bits per heavy atom. The minimum absolute atomic E-state index is 0.0474. The van der Waals surface area contributed by atoms with Crippen LogP contribution in [-0.2, 0) is 13.8 Å². The van der Waals surface area contributed by atoms with E-state index < -0.39 is 9.05 Å². The number of carbonyl (C=O) groups excluding carboxylic acids is 1. The minimum atomic E-state index is -3.69. The molecule has 4 nitrogen and oxygen atoms in total. The lowest BCUT2D eigenvalue weighted by atomic mass is 9.87. The zero-order valence-electron chi connectivity index (χ0n) is 11.5. The van der Waals surface area contributed by atoms with Crippen LogP contribution in [0.4, 0.5) is 0 Å². The van der Waals surface area contributed by atoms with E-state index in [1.165, 1.54) is 6.07 Å². The van der Waals surface area contributed by atoms with Gasteiger partial charge >= 0.3 is 0 Å². The van der Waals surface area contributed by atoms with E-state index in [9.17, 15) is 13.2 Å². The van der Waals surface area contributed by atoms with Gasteiger partial charge in [0, 0.05) is 21.0 Å². The number of amides is 1. The molecule has 0 aromatic carbocycles. The summed E-state index contributed by atoms with van der Waals surface area (Å²) in [6, 6.07) is 2.96. The molecule has 112 valence electrons. The molecular formula is C13H18ClNO3S2. The largest absolute Gasteiger partial charge is 0.348 e. The predicted molar refractivity (Wildman–Crippen MR) is 80.5 cm³/mol. The van der Waals surface area contributed by atoms with Crippen molar-refractivity contribution in [3.63, 3.8) is 0 Å². The lowest BCUT2D eigenvalue weighted by Crippen LogP contribution is -2.38. The van der Waals surface area contributed by atoms with Crippen LogP contribution < -0.4 is 5.32 Å². The van der Waals surface area contributed by atoms with Gasteiger partial charge in [-0.05, 0) is 31.9 Å². The van der Waals surface area contributed by atoms with Gasteiger partial charge < -0.3 is 5.32 Å². The van der Waals surface area contributed by atoms with Gasteiger partial charge in [-0.3, -0.25) is 4.79 Å². The summed E-state index contributed by atoms with van der Waals surface area (Å²) in [5.41, 5.74) is -0.285. The highest BCUT2D eigenvalue weighted by molar-refractivity contribution is 8.15. The average Bonchev–Trinajstić information content (AvgIpc) is 2.96. The number of halogens is 1. The highest BCUT2D eigenvalue weighted by Crippen LogP contribution is 2.38. The van der Waals surface area contributed by atoms with Crippen molar-refractivity contribution in [3.05, 3.63) is 17.0 Å². The summed E-state index contributed by atoms with van der Waals surface area (Å²) >= 11 is 1.10. The Hall–Kier alpha value is -0.590. The van der Waals surface area contributed by atoms with Gasteiger partial charge in [-0.2, -0.15) is 0 Å². The van der Waals surface area contributed by atoms with Crippen molar-refractivity contribution < 1.29 is 13.2 Å². The summed E-state index contributed by atoms with van der Waals surface area (Å²) in [6.07, 6.45) is 4.01. The van der Waals surface area contributed by atoms with Crippen molar-refractivity contribution in [1.82, 2.24) is 5.32 Å². The van der Waals surface area contributed by atoms with Crippen molar-refractivity contribution in [2.24, 2.45) is 5.41 Å². The summed E-state index contributed by atoms with van der Waals surface area (Å²) in [7, 11) is 1.61. The van der Waals surface area contributed by atoms with E-state index in [0.717, 1.165) is 41.9 Å². The van der Waals surface area contributed by atoms with E-state index in [1.807, 2.05) is 13.8 Å². The van der Waals surface area contributed by atoms with Crippen LogP contribution in [0.25, 0.3) is 0 Å². The Morgan fingerprint density at radius 1 is 1.40 bits per heavy atom. The fraction of sp³-hybridized carbons (Fsp3) is 0.615. The number of rotatable bonds is 4. The molecule has 1 unspecified atom stereocenters. The molecule has 1 N–H and O–H groups in total. The van der Waals surface area contributed by atoms with Crippen LogP contribution in [0.1, 0.15) is 50.4 Å². The molecule has 1 atom stereocenters. The summed E-state index contributed by atoms with van der Waals surface area (Å²) < 4.78 is 22.6. The summed E-state index contributed by atoms with van der Waals surface area (Å²) in [5.74, 6) is 0.0474. The smallest absolute Gasteiger partial charge is 0.270 e. The van der Waals surface area contributed by atoms with Crippen LogP contribution in [0.15, 0.2) is 16.3 Å². The molecule has 1 fully saturated rings. The van der Waals surface area contributed by atoms with Crippen molar-refractivity contribution in [1.29, 1.82) is 0 Å². The molecule has 1 aliphatic rings. The van der Waals surface area contributed by atoms with Crippen molar-refractivity contribution in [3.8, 4) is 0 Å². The number of hydrogen-bond donors (Lipinski definition) is 1. The number of hydrogen-bond acceptors (Lipinski definition) is 4. The van der Waals surface area contributed by atoms with Crippen LogP contribution in [0.5, 0.6) is 0 Å². The molecular weight excluding hydrogens is 318 g/mol. The number of thiophene rings is 1. The standard InChI is InChI=1S/C13H18ClNO3S2/c1-9(10-5-6-11(19-10)20(14,17)18)15-12(16)13(2)7-3-4-8-13/h5-6,9H,3-4,7-8H2,1-2H3,(H,15,16). The van der Waals surface area contributed by atoms with Crippen LogP contribution in [-0.4, -0.2) is 14.3 Å². The molecule has 1 aromatic rings. The van der Waals surface area contributed by atoms with E-state index in [0.29, 0.717) is 0 Å². The first kappa shape index (κ1) is 15.8. The first-order chi connectivity index (χ1) is 9.22. The van der Waals surface area contributed by atoms with Crippen LogP contribution >= 0.6 is 22.0 Å². The normalized spacial score (nSPS) is 19.8. The maximum atomic E-state index is 12.3. The van der Waals surface area contributed by atoms with Gasteiger partial charge in [-0.15, -0.1) is 11.3 Å². The van der Waals surface area contributed by atoms with E-state index in [2.05, 4.69) is 5.32 Å². The molecule has 1 aromatic heterocycles. The SMILES string of the molecule is CC(NC(=O)C1(C)CCCC1)c1ccc(S(=O)(=O)Cl)s1. The third-order valence-electron chi connectivity index (χ3n) is 3.87. The van der Waals surface area contributed by atoms with Crippen molar-refractivity contribution in [2.45, 2.75) is 49.8 Å². The Labute approximate surface area is 127 Å². The van der Waals surface area contributed by atoms with Gasteiger partial charge in [0.1, 0.15) is 4.21 Å². The molecule has 0 saturated heterocycles. The minimum Gasteiger partial charge on any atom is -0.348 e. The topological polar surface area (TPSA) is 63.2 Å². The van der Waals surface area contributed by atoms with Crippen LogP contribution in [0.3, 0.4) is 0 Å². The molecule has 1 aliphatic carbocycles. The van der Waals surface area contributed by atoms with E-state index in [-0.39, 0.29) is 21.6 Å². The lowest BCUT2D eigenvalue weighted by Gasteiger charge is -2.24. The molecule has 2 rings (SSSR count). The van der Waals surface area contributed by atoms with Crippen LogP contribution in [0, 0.1) is 5.41 Å². The van der Waals surface area contributed by atoms with Gasteiger partial charge in [0.2, 0.25) is 5.91 Å². The first-order valence-electron chi connectivity index (χ1n) is 6.58. The highest BCUT2D eigenvalue weighted by Gasteiger charge is 2.36. The maximum Gasteiger partial charge on any atom is 0.270 e. The third kappa shape index (κ3) is 3.35. The number of nitrogens with one attached hydrogen (secondary N) is 1. The van der Waals surface area contributed by atoms with Gasteiger partial charge in [0.15, 0.2) is 0 Å². The summed E-state index contributed by atoms with van der Waals surface area (Å²) in [6.45, 7) is 3.85. The van der Waals surface area contributed by atoms with Gasteiger partial charge in [-0.25, -0.2) is 8.42 Å². The molecule has 0 aliphatic heterocycles. The zero-order chi connectivity index (χ0) is 15.0. The Morgan fingerprint density at radius 3 is 2.50 bits per heavy atom. The summed E-state index contributed by atoms with van der Waals surface area (Å²) in [4.78, 5) is 13.1. The maximum absolute atomic E-state index is 12.3. The fourth-order valence-electron chi connectivity index (χ4n) is 2.52. The molecule has 7 heteroatoms. The summed E-state index contributed by atoms with van der Waals surface area (Å²) in [5, 5.41) is 2.98. The second-order valence-corrected chi connectivity index (χ2v) is 9.47. The van der Waals surface area contributed by atoms with Gasteiger partial charge in [-0.1, -0.05) is 19.8 Å². The molecule has 1 saturated carbocycles. The molecule has 0 spiro atoms. The zero-order valence-corrected chi connectivity index (χ0v) is 13.9. The first-order valence-corrected chi connectivity index (χ1v) is 9.70. The molecule has 0 bridgehead atoms. The van der Waals surface area contributed by atoms with Crippen molar-refractivity contribution >= 4 is 37.0 Å². The molecule has 0 radical (unpaired) electrons. The Kier molecular flexibility index (Phi) is 4.47. The molecule has 1 amide bonds. The molecule has 1 heterocycles. The third-order valence-corrected chi connectivity index (χ3v) is 7.23. The second-order valence-electron chi connectivity index (χ2n) is 5.56. The van der Waals surface area contributed by atoms with Gasteiger partial charge in [0.05, 0.1) is 6.04 Å².